The van der Waals surface area contributed by atoms with Gasteiger partial charge in [0.05, 0.1) is 19.3 Å². The zero-order valence-electron chi connectivity index (χ0n) is 13.4. The van der Waals surface area contributed by atoms with Crippen LogP contribution in [0.15, 0.2) is 18.2 Å². The van der Waals surface area contributed by atoms with Crippen LogP contribution < -0.4 is 4.74 Å². The van der Waals surface area contributed by atoms with E-state index in [0.29, 0.717) is 23.9 Å². The summed E-state index contributed by atoms with van der Waals surface area (Å²) in [5.74, 6) is -0.547. The van der Waals surface area contributed by atoms with E-state index in [2.05, 4.69) is 0 Å². The molecule has 1 heterocycles. The Labute approximate surface area is 140 Å². The predicted molar refractivity (Wildman–Crippen MR) is 84.9 cm³/mol. The molecule has 0 N–H and O–H groups in total. The molecule has 0 spiro atoms. The summed E-state index contributed by atoms with van der Waals surface area (Å²) < 4.78 is 15.8. The van der Waals surface area contributed by atoms with E-state index in [0.717, 1.165) is 0 Å². The molecule has 6 nitrogen and oxygen atoms in total. The average molecular weight is 342 g/mol. The molecule has 2 rings (SSSR count). The molecule has 1 aliphatic heterocycles. The second kappa shape index (κ2) is 7.66. The van der Waals surface area contributed by atoms with Gasteiger partial charge in [-0.05, 0) is 32.0 Å². The molecule has 1 aromatic carbocycles. The van der Waals surface area contributed by atoms with E-state index in [1.165, 1.54) is 13.2 Å². The maximum absolute atomic E-state index is 12.2. The smallest absolute Gasteiger partial charge is 0.342 e. The topological polar surface area (TPSA) is 65.1 Å². The van der Waals surface area contributed by atoms with Crippen molar-refractivity contribution in [2.75, 3.05) is 26.8 Å². The van der Waals surface area contributed by atoms with Crippen molar-refractivity contribution in [3.8, 4) is 5.75 Å². The van der Waals surface area contributed by atoms with Crippen LogP contribution in [0.5, 0.6) is 5.75 Å². The number of halogens is 1. The number of esters is 1. The van der Waals surface area contributed by atoms with Gasteiger partial charge in [-0.15, -0.1) is 0 Å². The van der Waals surface area contributed by atoms with Gasteiger partial charge in [0.2, 0.25) is 0 Å². The monoisotopic (exact) mass is 341 g/mol. The van der Waals surface area contributed by atoms with Crippen LogP contribution in [0.3, 0.4) is 0 Å². The molecule has 1 amide bonds. The summed E-state index contributed by atoms with van der Waals surface area (Å²) in [6.45, 7) is 4.45. The van der Waals surface area contributed by atoms with Gasteiger partial charge >= 0.3 is 5.97 Å². The molecule has 1 aliphatic rings. The van der Waals surface area contributed by atoms with Gasteiger partial charge < -0.3 is 19.1 Å². The summed E-state index contributed by atoms with van der Waals surface area (Å²) >= 11 is 5.88. The van der Waals surface area contributed by atoms with Gasteiger partial charge in [-0.25, -0.2) is 4.79 Å². The highest BCUT2D eigenvalue weighted by Gasteiger charge is 2.26. The Morgan fingerprint density at radius 3 is 2.57 bits per heavy atom. The molecule has 2 unspecified atom stereocenters. The number of hydrogen-bond acceptors (Lipinski definition) is 5. The van der Waals surface area contributed by atoms with Crippen LogP contribution in [0, 0.1) is 0 Å². The van der Waals surface area contributed by atoms with Gasteiger partial charge in [-0.2, -0.15) is 0 Å². The Kier molecular flexibility index (Phi) is 5.85. The largest absolute Gasteiger partial charge is 0.496 e. The van der Waals surface area contributed by atoms with Crippen LogP contribution >= 0.6 is 11.6 Å². The Balaban J connectivity index is 1.96. The molecule has 0 saturated carbocycles. The molecule has 2 atom stereocenters. The van der Waals surface area contributed by atoms with Gasteiger partial charge in [-0.1, -0.05) is 11.6 Å². The molecule has 0 aromatic heterocycles. The van der Waals surface area contributed by atoms with Crippen molar-refractivity contribution in [2.24, 2.45) is 0 Å². The second-order valence-corrected chi connectivity index (χ2v) is 5.91. The predicted octanol–water partition coefficient (Wildman–Crippen LogP) is 2.14. The van der Waals surface area contributed by atoms with Crippen LogP contribution in [0.25, 0.3) is 0 Å². The van der Waals surface area contributed by atoms with Crippen LogP contribution in [0.2, 0.25) is 5.02 Å². The van der Waals surface area contributed by atoms with Crippen molar-refractivity contribution in [3.63, 3.8) is 0 Å². The maximum atomic E-state index is 12.2. The number of rotatable bonds is 4. The van der Waals surface area contributed by atoms with E-state index in [9.17, 15) is 9.59 Å². The number of amides is 1. The molecule has 0 bridgehead atoms. The fourth-order valence-electron chi connectivity index (χ4n) is 2.52. The Bertz CT molecular complexity index is 582. The van der Waals surface area contributed by atoms with E-state index in [1.54, 1.807) is 17.0 Å². The number of benzene rings is 1. The molecule has 0 aliphatic carbocycles. The number of morpholine rings is 1. The second-order valence-electron chi connectivity index (χ2n) is 5.48. The Morgan fingerprint density at radius 2 is 1.96 bits per heavy atom. The standard InChI is InChI=1S/C16H20ClNO5/c1-10-7-18(8-11(2)23-10)15(19)9-22-16(20)13-6-12(17)4-5-14(13)21-3/h4-6,10-11H,7-9H2,1-3H3. The first kappa shape index (κ1) is 17.6. The quantitative estimate of drug-likeness (QED) is 0.785. The third-order valence-electron chi connectivity index (χ3n) is 3.48. The molecule has 1 fully saturated rings. The van der Waals surface area contributed by atoms with Crippen LogP contribution in [0.4, 0.5) is 0 Å². The van der Waals surface area contributed by atoms with Crippen molar-refractivity contribution >= 4 is 23.5 Å². The van der Waals surface area contributed by atoms with E-state index in [4.69, 9.17) is 25.8 Å². The summed E-state index contributed by atoms with van der Waals surface area (Å²) in [6, 6.07) is 4.64. The van der Waals surface area contributed by atoms with Crippen molar-refractivity contribution < 1.29 is 23.8 Å². The fraction of sp³-hybridized carbons (Fsp3) is 0.500. The number of methoxy groups -OCH3 is 1. The molecule has 0 radical (unpaired) electrons. The Morgan fingerprint density at radius 1 is 1.30 bits per heavy atom. The lowest BCUT2D eigenvalue weighted by Gasteiger charge is -2.35. The lowest BCUT2D eigenvalue weighted by Crippen LogP contribution is -2.49. The molecule has 23 heavy (non-hydrogen) atoms. The highest BCUT2D eigenvalue weighted by molar-refractivity contribution is 6.31. The van der Waals surface area contributed by atoms with Crippen LogP contribution in [0.1, 0.15) is 24.2 Å². The van der Waals surface area contributed by atoms with Crippen LogP contribution in [-0.2, 0) is 14.3 Å². The van der Waals surface area contributed by atoms with E-state index >= 15 is 0 Å². The third kappa shape index (κ3) is 4.59. The van der Waals surface area contributed by atoms with Gasteiger partial charge in [0.1, 0.15) is 11.3 Å². The SMILES string of the molecule is COc1ccc(Cl)cc1C(=O)OCC(=O)N1CC(C)OC(C)C1. The van der Waals surface area contributed by atoms with Gasteiger partial charge in [-0.3, -0.25) is 4.79 Å². The third-order valence-corrected chi connectivity index (χ3v) is 3.72. The zero-order chi connectivity index (χ0) is 17.0. The van der Waals surface area contributed by atoms with Gasteiger partial charge in [0, 0.05) is 18.1 Å². The zero-order valence-corrected chi connectivity index (χ0v) is 14.1. The summed E-state index contributed by atoms with van der Waals surface area (Å²) in [4.78, 5) is 26.0. The average Bonchev–Trinajstić information content (AvgIpc) is 2.51. The minimum Gasteiger partial charge on any atom is -0.496 e. The number of nitrogens with zero attached hydrogens (tertiary/aromatic N) is 1. The first-order valence-electron chi connectivity index (χ1n) is 7.34. The molecule has 7 heteroatoms. The van der Waals surface area contributed by atoms with E-state index in [1.807, 2.05) is 13.8 Å². The molecule has 126 valence electrons. The highest BCUT2D eigenvalue weighted by Crippen LogP contribution is 2.23. The van der Waals surface area contributed by atoms with Crippen LogP contribution in [-0.4, -0.2) is 55.8 Å². The van der Waals surface area contributed by atoms with Crippen molar-refractivity contribution in [1.29, 1.82) is 0 Å². The first-order chi connectivity index (χ1) is 10.9. The minimum absolute atomic E-state index is 0.0357. The lowest BCUT2D eigenvalue weighted by atomic mass is 10.2. The molecular formula is C16H20ClNO5. The first-order valence-corrected chi connectivity index (χ1v) is 7.72. The summed E-state index contributed by atoms with van der Waals surface area (Å²) in [5.41, 5.74) is 0.191. The van der Waals surface area contributed by atoms with Gasteiger partial charge in [0.25, 0.3) is 5.91 Å². The minimum atomic E-state index is -0.646. The number of hydrogen-bond donors (Lipinski definition) is 0. The van der Waals surface area contributed by atoms with E-state index in [-0.39, 0.29) is 30.3 Å². The Hall–Kier alpha value is -1.79. The fourth-order valence-corrected chi connectivity index (χ4v) is 2.69. The summed E-state index contributed by atoms with van der Waals surface area (Å²) in [5, 5.41) is 0.389. The number of ether oxygens (including phenoxy) is 3. The maximum Gasteiger partial charge on any atom is 0.342 e. The summed E-state index contributed by atoms with van der Waals surface area (Å²) in [7, 11) is 1.45. The summed E-state index contributed by atoms with van der Waals surface area (Å²) in [6.07, 6.45) is -0.0714. The van der Waals surface area contributed by atoms with Gasteiger partial charge in [0.15, 0.2) is 6.61 Å². The normalized spacial score (nSPS) is 21.0. The van der Waals surface area contributed by atoms with Crippen molar-refractivity contribution in [1.82, 2.24) is 4.90 Å². The highest BCUT2D eigenvalue weighted by atomic mass is 35.5. The lowest BCUT2D eigenvalue weighted by molar-refractivity contribution is -0.146. The molecular weight excluding hydrogens is 322 g/mol. The molecule has 1 saturated heterocycles. The number of carbonyl (C=O) groups is 2. The molecule has 1 aromatic rings. The van der Waals surface area contributed by atoms with Crippen molar-refractivity contribution in [3.05, 3.63) is 28.8 Å². The van der Waals surface area contributed by atoms with Crippen molar-refractivity contribution in [2.45, 2.75) is 26.1 Å². The number of carbonyl (C=O) groups excluding carboxylic acids is 2. The van der Waals surface area contributed by atoms with E-state index < -0.39 is 5.97 Å².